The number of rotatable bonds is 11. The molecule has 13 aromatic rings. The number of esters is 2. The summed E-state index contributed by atoms with van der Waals surface area (Å²) in [6.07, 6.45) is 35.9. The molecule has 1 amide bonds. The summed E-state index contributed by atoms with van der Waals surface area (Å²) in [5, 5.41) is 14.1. The third kappa shape index (κ3) is 37.7. The van der Waals surface area contributed by atoms with Gasteiger partial charge in [-0.1, -0.05) is 45.1 Å². The molecule has 0 saturated heterocycles. The molecule has 0 spiro atoms. The summed E-state index contributed by atoms with van der Waals surface area (Å²) >= 11 is 4.82. The molecule has 6 N–H and O–H groups in total. The van der Waals surface area contributed by atoms with E-state index in [1.54, 1.807) is 154 Å². The van der Waals surface area contributed by atoms with Crippen molar-refractivity contribution in [3.63, 3.8) is 0 Å². The number of hydroxylamine groups is 3. The Kier molecular flexibility index (Phi) is 62.8. The third-order valence-electron chi connectivity index (χ3n) is 13.2. The average molecular weight is 1630 g/mol. The van der Waals surface area contributed by atoms with Crippen molar-refractivity contribution in [3.8, 4) is 0 Å². The predicted molar refractivity (Wildman–Crippen MR) is 419 cm³/mol. The molecule has 3 unspecified atom stereocenters. The van der Waals surface area contributed by atoms with E-state index in [-0.39, 0.29) is 173 Å². The summed E-state index contributed by atoms with van der Waals surface area (Å²) in [6, 6.07) is 25.2. The van der Waals surface area contributed by atoms with Crippen molar-refractivity contribution in [1.82, 2.24) is 71.8 Å². The van der Waals surface area contributed by atoms with Crippen LogP contribution in [0.25, 0.3) is 44.3 Å². The van der Waals surface area contributed by atoms with E-state index in [1.807, 2.05) is 138 Å². The zero-order valence-corrected chi connectivity index (χ0v) is 70.1. The molecule has 109 heavy (non-hydrogen) atoms. The number of aldehydes is 1. The molecule has 0 aliphatic carbocycles. The van der Waals surface area contributed by atoms with E-state index in [9.17, 15) is 24.3 Å². The van der Waals surface area contributed by atoms with Gasteiger partial charge in [0.2, 0.25) is 0 Å². The Morgan fingerprint density at radius 2 is 0.936 bits per heavy atom. The molecule has 0 aliphatic heterocycles. The summed E-state index contributed by atoms with van der Waals surface area (Å²) in [7, 11) is 8.98. The number of nitrogens with two attached hydrogens (primary N) is 2. The predicted octanol–water partition coefficient (Wildman–Crippen LogP) is 2.65. The number of carbonyl (C=O) groups excluding carboxylic acids is 5. The summed E-state index contributed by atoms with van der Waals surface area (Å²) in [5.41, 5.74) is 32.2. The number of nitrogen functional groups attached to an aromatic ring is 1. The van der Waals surface area contributed by atoms with Crippen molar-refractivity contribution in [2.45, 2.75) is 74.6 Å². The number of aromatic nitrogens is 13. The first-order chi connectivity index (χ1) is 48.1. The van der Waals surface area contributed by atoms with E-state index < -0.39 is 12.1 Å². The number of anilines is 1. The van der Waals surface area contributed by atoms with Crippen LogP contribution in [0.15, 0.2) is 208 Å². The topological polar surface area (TPSA) is 375 Å². The van der Waals surface area contributed by atoms with Gasteiger partial charge in [-0.2, -0.15) is 13.8 Å². The molecule has 0 bridgehead atoms. The molecule has 0 fully saturated rings. The van der Waals surface area contributed by atoms with Crippen LogP contribution >= 0.6 is 11.6 Å². The molecular formula is C72H94BBrCl2Mg2N20NaO10. The minimum Gasteiger partial charge on any atom is -1.00 e. The molecule has 0 saturated carbocycles. The molecule has 0 aromatic carbocycles. The summed E-state index contributed by atoms with van der Waals surface area (Å²) < 4.78 is 20.2. The standard InChI is InChI=1S/C10H11N3O2.C9H9N5.C9H11N3.C9H8N2O2.C9H10N2O.C9H8N2O.C7H8N2O2.C3H7.C2H3ClO.C2H7NO.2CH4.CH3.B.BrH.ClH.2Mg.Na.H/c1-12(15-2)10(14)8-3-4-9-11-5-6-13(9)7-8;1-7(12-13-10)8-2-3-9-11-4-5-14(9)6-8;1-7(10)8-2-3-9-11-4-5-12(9)6-8;1-13-9(12)7-2-3-8-10-4-5-11(8)6-7;2*1-7(12)8-2-3-9-10-4-5-11(9)6-8;1-11-7(10)5-2-3-6(8)9-4-5;1-3-2;3-1-2-4;1-3-4-2;;;;;;;;;;/h3-7H,1-2H3;2-7H,1H3;2-7H,10H2,1H3;2-6H,1H3;2-7,12H,1H3;2-6H,1H3;2-4H,1H3,(H2,8,9);3H,1-2H3;2H,1H2;3H,1-2H3;2*1H4;1H3;;2*1H;;;;/q;;;;;;;-1;;;;;-1;;;;2*+2;+1;-1/p-2. The van der Waals surface area contributed by atoms with Gasteiger partial charge in [0.15, 0.2) is 5.78 Å². The van der Waals surface area contributed by atoms with Gasteiger partial charge in [0.05, 0.1) is 63.2 Å². The van der Waals surface area contributed by atoms with Gasteiger partial charge in [-0.25, -0.2) is 55.0 Å². The minimum atomic E-state index is -0.420. The Morgan fingerprint density at radius 3 is 1.27 bits per heavy atom. The van der Waals surface area contributed by atoms with Crippen LogP contribution in [0.5, 0.6) is 0 Å². The molecular weight excluding hydrogens is 1540 g/mol. The number of ketones is 1. The number of nitrogens with zero attached hydrogens (tertiary/aromatic N) is 17. The van der Waals surface area contributed by atoms with Gasteiger partial charge in [-0.3, -0.25) is 14.4 Å². The Hall–Kier alpha value is -8.39. The molecule has 3 radical (unpaired) electrons. The molecule has 0 aliphatic rings. The number of pyridine rings is 7. The van der Waals surface area contributed by atoms with Gasteiger partial charge in [0, 0.05) is 157 Å². The van der Waals surface area contributed by atoms with E-state index in [0.717, 1.165) is 50.6 Å². The van der Waals surface area contributed by atoms with Crippen LogP contribution in [0.3, 0.4) is 0 Å². The smallest absolute Gasteiger partial charge is 1.00 e. The third-order valence-corrected chi connectivity index (χ3v) is 13.4. The molecule has 3 atom stereocenters. The van der Waals surface area contributed by atoms with Gasteiger partial charge >= 0.3 is 87.6 Å². The molecule has 13 heterocycles. The first-order valence-corrected chi connectivity index (χ1v) is 30.9. The summed E-state index contributed by atoms with van der Waals surface area (Å²) in [5.74, 6) is -0.357. The fraction of sp³-hybridized carbons (Fsp3) is 0.250. The fourth-order valence-electron chi connectivity index (χ4n) is 7.96. The number of azide groups is 1. The Morgan fingerprint density at radius 1 is 0.624 bits per heavy atom. The van der Waals surface area contributed by atoms with Gasteiger partial charge in [-0.15, -0.1) is 11.6 Å². The van der Waals surface area contributed by atoms with E-state index in [0.29, 0.717) is 34.4 Å². The number of imidazole rings is 6. The Balaban J connectivity index is -0.000000217. The molecule has 13 rings (SSSR count). The second-order valence-corrected chi connectivity index (χ2v) is 20.8. The van der Waals surface area contributed by atoms with Crippen molar-refractivity contribution < 1.29 is 109 Å². The number of nitrogens with one attached hydrogen (secondary N) is 1. The number of aliphatic hydroxyl groups excluding tert-OH is 1. The Labute approximate surface area is 715 Å². The number of halogens is 3. The number of ether oxygens (including phenoxy) is 2. The zero-order chi connectivity index (χ0) is 73.5. The van der Waals surface area contributed by atoms with Crippen LogP contribution in [0, 0.1) is 13.8 Å². The first kappa shape index (κ1) is 112. The number of hydrogen-bond donors (Lipinski definition) is 4. The average Bonchev–Trinajstić information content (AvgIpc) is 1.71. The maximum atomic E-state index is 11.7. The second-order valence-electron chi connectivity index (χ2n) is 20.4. The number of amides is 1. The number of carbonyl (C=O) groups is 5. The first-order valence-electron chi connectivity index (χ1n) is 30.3. The number of alkyl halides is 1. The summed E-state index contributed by atoms with van der Waals surface area (Å²) in [4.78, 5) is 93.9. The van der Waals surface area contributed by atoms with Crippen molar-refractivity contribution in [1.29, 1.82) is 0 Å². The fourth-order valence-corrected chi connectivity index (χ4v) is 7.96. The van der Waals surface area contributed by atoms with Crippen LogP contribution in [0.2, 0.25) is 0 Å². The van der Waals surface area contributed by atoms with E-state index in [2.05, 4.69) is 64.7 Å². The van der Waals surface area contributed by atoms with Gasteiger partial charge in [-0.05, 0) is 110 Å². The quantitative estimate of drug-likeness (QED) is 0.0138. The SMILES string of the molecule is C.C.CC(=O)c1ccc2nccn2c1.CC(N)c1ccc2nccn2c1.CC(N=[N+]=[N-])c1ccc2nccn2c1.CC(O)c1ccc2nccn2c1.CNOC.COC(=O)c1ccc(N)nc1.COC(=O)c1ccc2nccn2c1.CON(C)C(=O)c1ccc2nccn2c1.C[CH-]C.O=CCCl.[B].[Br-].[CH3-].[Cl-].[H-].[Mg+2].[Mg+2].[Na+]. The number of Topliss-reactive ketones (excluding diaryl/α,β-unsaturated/α-hetero) is 1. The van der Waals surface area contributed by atoms with Crippen molar-refractivity contribution in [2.75, 3.05) is 54.1 Å². The van der Waals surface area contributed by atoms with Crippen LogP contribution < -0.4 is 75.9 Å². The Bertz CT molecular complexity index is 4630. The number of methoxy groups -OCH3 is 2. The summed E-state index contributed by atoms with van der Waals surface area (Å²) in [6.45, 7) is 11.1. The minimum absolute atomic E-state index is 0. The van der Waals surface area contributed by atoms with Crippen molar-refractivity contribution in [2.24, 2.45) is 10.8 Å². The number of aliphatic hydroxyl groups is 1. The van der Waals surface area contributed by atoms with Gasteiger partial charge in [0.1, 0.15) is 46.0 Å². The number of fused-ring (bicyclic) bond motifs is 6. The van der Waals surface area contributed by atoms with Crippen molar-refractivity contribution >= 4 is 136 Å². The van der Waals surface area contributed by atoms with Crippen LogP contribution in [-0.2, 0) is 23.9 Å². The molecule has 30 nitrogen and oxygen atoms in total. The van der Waals surface area contributed by atoms with E-state index in [4.69, 9.17) is 38.2 Å². The monoisotopic (exact) mass is 1630 g/mol. The maximum absolute atomic E-state index is 11.7. The van der Waals surface area contributed by atoms with Gasteiger partial charge < -0.3 is 107 Å². The van der Waals surface area contributed by atoms with E-state index in [1.165, 1.54) is 32.6 Å². The maximum Gasteiger partial charge on any atom is 2.00 e. The second kappa shape index (κ2) is 61.4. The van der Waals surface area contributed by atoms with Crippen LogP contribution in [0.4, 0.5) is 5.82 Å². The van der Waals surface area contributed by atoms with Crippen LogP contribution in [0.1, 0.15) is 134 Å². The molecule has 13 aromatic heterocycles. The van der Waals surface area contributed by atoms with Crippen LogP contribution in [-0.4, -0.2) is 204 Å². The molecule has 37 heteroatoms. The van der Waals surface area contributed by atoms with Gasteiger partial charge in [0.25, 0.3) is 5.91 Å². The molecule has 571 valence electrons. The largest absolute Gasteiger partial charge is 2.00 e. The van der Waals surface area contributed by atoms with E-state index >= 15 is 0 Å². The zero-order valence-electron chi connectivity index (χ0n) is 63.2. The normalized spacial score (nSPS) is 9.97. The number of hydrogen-bond acceptors (Lipinski definition) is 21. The van der Waals surface area contributed by atoms with Crippen molar-refractivity contribution in [3.05, 3.63) is 266 Å².